The van der Waals surface area contributed by atoms with Crippen molar-refractivity contribution in [2.24, 2.45) is 0 Å². The van der Waals surface area contributed by atoms with E-state index in [9.17, 15) is 0 Å². The summed E-state index contributed by atoms with van der Waals surface area (Å²) in [4.78, 5) is 6.65. The number of piperidine rings is 1. The van der Waals surface area contributed by atoms with E-state index in [0.717, 1.165) is 32.0 Å². The smallest absolute Gasteiger partial charge is 0.122 e. The van der Waals surface area contributed by atoms with Crippen molar-refractivity contribution in [1.29, 1.82) is 0 Å². The fourth-order valence-electron chi connectivity index (χ4n) is 4.09. The molecule has 0 amide bonds. The first-order valence-corrected chi connectivity index (χ1v) is 9.38. The maximum atomic E-state index is 5.85. The lowest BCUT2D eigenvalue weighted by Crippen LogP contribution is -2.47. The summed E-state index contributed by atoms with van der Waals surface area (Å²) in [5.74, 6) is 1.53. The highest BCUT2D eigenvalue weighted by molar-refractivity contribution is 5.40. The predicted octanol–water partition coefficient (Wildman–Crippen LogP) is 3.20. The van der Waals surface area contributed by atoms with Gasteiger partial charge in [0.1, 0.15) is 5.75 Å². The highest BCUT2D eigenvalue weighted by atomic mass is 16.5. The van der Waals surface area contributed by atoms with Crippen LogP contribution in [0.2, 0.25) is 0 Å². The first kappa shape index (κ1) is 16.6. The van der Waals surface area contributed by atoms with Crippen molar-refractivity contribution in [3.63, 3.8) is 0 Å². The number of para-hydroxylation sites is 1. The van der Waals surface area contributed by atoms with Gasteiger partial charge in [-0.25, -0.2) is 0 Å². The molecule has 4 rings (SSSR count). The van der Waals surface area contributed by atoms with Gasteiger partial charge in [0.15, 0.2) is 0 Å². The summed E-state index contributed by atoms with van der Waals surface area (Å²) in [5, 5.41) is 3.87. The Bertz CT molecular complexity index is 683. The molecule has 4 nitrogen and oxygen atoms in total. The number of nitrogens with one attached hydrogen (secondary N) is 1. The Morgan fingerprint density at radius 2 is 1.92 bits per heavy atom. The number of benzene rings is 1. The van der Waals surface area contributed by atoms with Gasteiger partial charge in [0, 0.05) is 42.5 Å². The first-order chi connectivity index (χ1) is 12.3. The van der Waals surface area contributed by atoms with Crippen LogP contribution >= 0.6 is 0 Å². The maximum absolute atomic E-state index is 5.85. The molecule has 2 atom stereocenters. The summed E-state index contributed by atoms with van der Waals surface area (Å²) in [6.07, 6.45) is 6.19. The van der Waals surface area contributed by atoms with Crippen molar-refractivity contribution in [3.8, 4) is 5.75 Å². The molecule has 4 heteroatoms. The van der Waals surface area contributed by atoms with Gasteiger partial charge in [-0.15, -0.1) is 0 Å². The molecule has 132 valence electrons. The van der Waals surface area contributed by atoms with Crippen molar-refractivity contribution in [2.75, 3.05) is 19.7 Å². The van der Waals surface area contributed by atoms with Crippen LogP contribution < -0.4 is 10.1 Å². The molecule has 0 spiro atoms. The van der Waals surface area contributed by atoms with E-state index in [-0.39, 0.29) is 0 Å². The van der Waals surface area contributed by atoms with Gasteiger partial charge in [-0.2, -0.15) is 0 Å². The Morgan fingerprint density at radius 1 is 1.16 bits per heavy atom. The van der Waals surface area contributed by atoms with Crippen LogP contribution in [-0.4, -0.2) is 41.7 Å². The quantitative estimate of drug-likeness (QED) is 0.909. The van der Waals surface area contributed by atoms with E-state index in [2.05, 4.69) is 58.5 Å². The second-order valence-electron chi connectivity index (χ2n) is 7.32. The molecule has 2 aliphatic rings. The third-order valence-electron chi connectivity index (χ3n) is 5.58. The minimum absolute atomic E-state index is 0.445. The van der Waals surface area contributed by atoms with Crippen LogP contribution in [0.4, 0.5) is 0 Å². The Balaban J connectivity index is 1.27. The van der Waals surface area contributed by atoms with Gasteiger partial charge in [0.25, 0.3) is 0 Å². The molecule has 0 radical (unpaired) electrons. The lowest BCUT2D eigenvalue weighted by atomic mass is 9.93. The molecule has 3 heterocycles. The zero-order valence-electron chi connectivity index (χ0n) is 14.9. The first-order valence-electron chi connectivity index (χ1n) is 9.38. The van der Waals surface area contributed by atoms with E-state index < -0.39 is 0 Å². The molecule has 1 saturated heterocycles. The van der Waals surface area contributed by atoms with Crippen molar-refractivity contribution in [2.45, 2.75) is 44.3 Å². The van der Waals surface area contributed by atoms with Crippen LogP contribution in [0.15, 0.2) is 48.8 Å². The van der Waals surface area contributed by atoms with Crippen LogP contribution in [0.3, 0.4) is 0 Å². The lowest BCUT2D eigenvalue weighted by molar-refractivity contribution is 0.179. The zero-order valence-corrected chi connectivity index (χ0v) is 14.9. The minimum Gasteiger partial charge on any atom is -0.493 e. The fraction of sp³-hybridized carbons (Fsp3) is 0.476. The third kappa shape index (κ3) is 3.86. The number of likely N-dealkylation sites (tertiary alicyclic amines) is 1. The molecule has 0 unspecified atom stereocenters. The van der Waals surface area contributed by atoms with Gasteiger partial charge >= 0.3 is 0 Å². The predicted molar refractivity (Wildman–Crippen MR) is 99.8 cm³/mol. The Labute approximate surface area is 150 Å². The van der Waals surface area contributed by atoms with Crippen molar-refractivity contribution in [3.05, 3.63) is 59.9 Å². The zero-order chi connectivity index (χ0) is 17.1. The van der Waals surface area contributed by atoms with Gasteiger partial charge in [-0.1, -0.05) is 18.2 Å². The van der Waals surface area contributed by atoms with Crippen LogP contribution in [0.25, 0.3) is 0 Å². The molecule has 2 aliphatic heterocycles. The fourth-order valence-corrected chi connectivity index (χ4v) is 4.09. The molecule has 1 aromatic heterocycles. The number of hydrogen-bond acceptors (Lipinski definition) is 4. The molecule has 25 heavy (non-hydrogen) atoms. The maximum Gasteiger partial charge on any atom is 0.122 e. The second-order valence-corrected chi connectivity index (χ2v) is 7.32. The van der Waals surface area contributed by atoms with Crippen molar-refractivity contribution in [1.82, 2.24) is 15.2 Å². The van der Waals surface area contributed by atoms with Crippen LogP contribution in [0.5, 0.6) is 5.75 Å². The topological polar surface area (TPSA) is 37.4 Å². The number of aromatic nitrogens is 1. The van der Waals surface area contributed by atoms with Gasteiger partial charge in [0.2, 0.25) is 0 Å². The number of ether oxygens (including phenoxy) is 1. The number of nitrogens with zero attached hydrogens (tertiary/aromatic N) is 2. The molecule has 0 bridgehead atoms. The van der Waals surface area contributed by atoms with Crippen molar-refractivity contribution >= 4 is 0 Å². The van der Waals surface area contributed by atoms with Gasteiger partial charge in [-0.05, 0) is 56.6 Å². The number of pyridine rings is 1. The standard InChI is InChI=1S/C21H27N3O/c1-16(20-15-25-21-5-3-2-4-19(20)21)23-18-8-12-24(13-9-18)14-17-6-10-22-11-7-17/h2-7,10-11,16,18,20,23H,8-9,12-15H2,1H3/t16-,20+/m1/s1. The minimum atomic E-state index is 0.445. The Morgan fingerprint density at radius 3 is 2.72 bits per heavy atom. The van der Waals surface area contributed by atoms with E-state index in [0.29, 0.717) is 18.0 Å². The average molecular weight is 337 g/mol. The summed E-state index contributed by atoms with van der Waals surface area (Å²) in [6.45, 7) is 6.46. The summed E-state index contributed by atoms with van der Waals surface area (Å²) >= 11 is 0. The Kier molecular flexibility index (Phi) is 4.99. The van der Waals surface area contributed by atoms with Crippen molar-refractivity contribution < 1.29 is 4.74 Å². The number of hydrogen-bond donors (Lipinski definition) is 1. The van der Waals surface area contributed by atoms with Gasteiger partial charge in [-0.3, -0.25) is 9.88 Å². The second kappa shape index (κ2) is 7.54. The summed E-state index contributed by atoms with van der Waals surface area (Å²) in [6, 6.07) is 13.7. The molecular weight excluding hydrogens is 310 g/mol. The lowest BCUT2D eigenvalue weighted by Gasteiger charge is -2.35. The third-order valence-corrected chi connectivity index (χ3v) is 5.58. The molecule has 1 fully saturated rings. The summed E-state index contributed by atoms with van der Waals surface area (Å²) in [5.41, 5.74) is 2.71. The van der Waals surface area contributed by atoms with Crippen LogP contribution in [-0.2, 0) is 6.54 Å². The van der Waals surface area contributed by atoms with Crippen LogP contribution in [0, 0.1) is 0 Å². The van der Waals surface area contributed by atoms with Gasteiger partial charge < -0.3 is 10.1 Å². The molecule has 1 N–H and O–H groups in total. The van der Waals surface area contributed by atoms with E-state index in [1.807, 2.05) is 12.4 Å². The number of fused-ring (bicyclic) bond motifs is 1. The summed E-state index contributed by atoms with van der Waals surface area (Å²) in [7, 11) is 0. The van der Waals surface area contributed by atoms with Crippen LogP contribution in [0.1, 0.15) is 36.8 Å². The van der Waals surface area contributed by atoms with E-state index >= 15 is 0 Å². The highest BCUT2D eigenvalue weighted by Gasteiger charge is 2.30. The molecule has 0 saturated carbocycles. The molecule has 1 aromatic carbocycles. The van der Waals surface area contributed by atoms with E-state index in [4.69, 9.17) is 4.74 Å². The largest absolute Gasteiger partial charge is 0.493 e. The van der Waals surface area contributed by atoms with Gasteiger partial charge in [0.05, 0.1) is 6.61 Å². The Hall–Kier alpha value is -1.91. The average Bonchev–Trinajstić information content (AvgIpc) is 3.08. The van der Waals surface area contributed by atoms with E-state index in [1.54, 1.807) is 0 Å². The SMILES string of the molecule is C[C@@H](NC1CCN(Cc2ccncc2)CC1)[C@@H]1COc2ccccc21. The molecule has 2 aromatic rings. The number of rotatable bonds is 5. The molecular formula is C21H27N3O. The summed E-state index contributed by atoms with van der Waals surface area (Å²) < 4.78 is 5.85. The molecule has 0 aliphatic carbocycles. The van der Waals surface area contributed by atoms with E-state index in [1.165, 1.54) is 24.0 Å². The highest BCUT2D eigenvalue weighted by Crippen LogP contribution is 2.35. The monoisotopic (exact) mass is 337 g/mol. The normalized spacial score (nSPS) is 22.4.